The molecule has 3 rings (SSSR count). The molecule has 1 saturated carbocycles. The van der Waals surface area contributed by atoms with E-state index in [1.165, 1.54) is 0 Å². The van der Waals surface area contributed by atoms with E-state index in [0.29, 0.717) is 5.02 Å². The first-order chi connectivity index (χ1) is 9.26. The fraction of sp³-hybridized carbons (Fsp3) is 0.643. The van der Waals surface area contributed by atoms with Gasteiger partial charge in [-0.15, -0.1) is 0 Å². The normalized spacial score (nSPS) is 33.4. The summed E-state index contributed by atoms with van der Waals surface area (Å²) in [4.78, 5) is 4.00. The summed E-state index contributed by atoms with van der Waals surface area (Å²) in [5, 5.41) is 4.14. The maximum atomic E-state index is 6.14. The molecule has 5 heteroatoms. The second-order valence-corrected chi connectivity index (χ2v) is 5.55. The van der Waals surface area contributed by atoms with Gasteiger partial charge in [0.2, 0.25) is 0 Å². The molecule has 1 aliphatic heterocycles. The van der Waals surface area contributed by atoms with Gasteiger partial charge < -0.3 is 14.8 Å². The number of nitrogens with one attached hydrogen (secondary N) is 1. The lowest BCUT2D eigenvalue weighted by molar-refractivity contribution is -0.184. The second kappa shape index (κ2) is 5.27. The van der Waals surface area contributed by atoms with E-state index in [-0.39, 0.29) is 17.7 Å². The molecule has 1 aliphatic carbocycles. The van der Waals surface area contributed by atoms with E-state index in [1.54, 1.807) is 12.4 Å². The van der Waals surface area contributed by atoms with Crippen LogP contribution in [0.5, 0.6) is 0 Å². The van der Waals surface area contributed by atoms with Gasteiger partial charge in [0.25, 0.3) is 0 Å². The molecule has 1 aromatic rings. The van der Waals surface area contributed by atoms with Gasteiger partial charge in [-0.3, -0.25) is 4.98 Å². The lowest BCUT2D eigenvalue weighted by Gasteiger charge is -2.53. The van der Waals surface area contributed by atoms with E-state index in [1.807, 2.05) is 13.0 Å². The summed E-state index contributed by atoms with van der Waals surface area (Å²) in [6.45, 7) is 3.59. The van der Waals surface area contributed by atoms with Crippen LogP contribution in [0.15, 0.2) is 18.5 Å². The van der Waals surface area contributed by atoms with Crippen molar-refractivity contribution in [3.8, 4) is 0 Å². The Balaban J connectivity index is 1.74. The summed E-state index contributed by atoms with van der Waals surface area (Å²) in [6, 6.07) is 2.17. The highest BCUT2D eigenvalue weighted by atomic mass is 35.5. The van der Waals surface area contributed by atoms with Gasteiger partial charge in [0, 0.05) is 25.6 Å². The molecular weight excluding hydrogens is 264 g/mol. The first kappa shape index (κ1) is 13.2. The van der Waals surface area contributed by atoms with Crippen molar-refractivity contribution in [2.75, 3.05) is 18.5 Å². The van der Waals surface area contributed by atoms with Crippen LogP contribution < -0.4 is 5.32 Å². The average Bonchev–Trinajstić information content (AvgIpc) is 2.92. The van der Waals surface area contributed by atoms with Gasteiger partial charge in [0.05, 0.1) is 22.9 Å². The zero-order valence-electron chi connectivity index (χ0n) is 11.1. The maximum Gasteiger partial charge on any atom is 0.114 e. The van der Waals surface area contributed by atoms with Crippen molar-refractivity contribution in [1.29, 1.82) is 0 Å². The van der Waals surface area contributed by atoms with Crippen LogP contribution in [0, 0.1) is 0 Å². The minimum absolute atomic E-state index is 0.164. The Hall–Kier alpha value is -0.840. The molecule has 3 atom stereocenters. The summed E-state index contributed by atoms with van der Waals surface area (Å²) in [5.41, 5.74) is 0.759. The Labute approximate surface area is 118 Å². The number of halogens is 1. The first-order valence-corrected chi connectivity index (χ1v) is 7.25. The summed E-state index contributed by atoms with van der Waals surface area (Å²) >= 11 is 6.14. The number of nitrogens with zero attached hydrogens (tertiary/aromatic N) is 1. The largest absolute Gasteiger partial charge is 0.378 e. The molecule has 0 radical (unpaired) electrons. The van der Waals surface area contributed by atoms with Gasteiger partial charge in [0.15, 0.2) is 0 Å². The predicted molar refractivity (Wildman–Crippen MR) is 74.6 cm³/mol. The van der Waals surface area contributed by atoms with Crippen LogP contribution in [0.4, 0.5) is 5.69 Å². The second-order valence-electron chi connectivity index (χ2n) is 5.14. The van der Waals surface area contributed by atoms with Gasteiger partial charge in [0.1, 0.15) is 5.60 Å². The Morgan fingerprint density at radius 3 is 3.21 bits per heavy atom. The lowest BCUT2D eigenvalue weighted by Crippen LogP contribution is -2.66. The predicted octanol–water partition coefficient (Wildman–Crippen LogP) is 2.87. The van der Waals surface area contributed by atoms with Crippen LogP contribution in [-0.2, 0) is 9.47 Å². The van der Waals surface area contributed by atoms with Crippen molar-refractivity contribution in [3.05, 3.63) is 23.5 Å². The van der Waals surface area contributed by atoms with E-state index >= 15 is 0 Å². The summed E-state index contributed by atoms with van der Waals surface area (Å²) in [7, 11) is 0. The zero-order valence-corrected chi connectivity index (χ0v) is 11.8. The highest BCUT2D eigenvalue weighted by molar-refractivity contribution is 6.33. The van der Waals surface area contributed by atoms with E-state index < -0.39 is 0 Å². The number of rotatable bonds is 4. The Kier molecular flexibility index (Phi) is 3.65. The van der Waals surface area contributed by atoms with E-state index in [0.717, 1.165) is 38.2 Å². The minimum Gasteiger partial charge on any atom is -0.378 e. The fourth-order valence-electron chi connectivity index (χ4n) is 3.16. The third kappa shape index (κ3) is 2.22. The highest BCUT2D eigenvalue weighted by Gasteiger charge is 2.58. The van der Waals surface area contributed by atoms with Gasteiger partial charge in [-0.05, 0) is 32.3 Å². The van der Waals surface area contributed by atoms with Gasteiger partial charge >= 0.3 is 0 Å². The monoisotopic (exact) mass is 282 g/mol. The average molecular weight is 283 g/mol. The number of anilines is 1. The Morgan fingerprint density at radius 1 is 1.63 bits per heavy atom. The number of aromatic nitrogens is 1. The van der Waals surface area contributed by atoms with E-state index in [2.05, 4.69) is 10.3 Å². The molecule has 0 unspecified atom stereocenters. The smallest absolute Gasteiger partial charge is 0.114 e. The van der Waals surface area contributed by atoms with Crippen LogP contribution in [0.2, 0.25) is 5.02 Å². The Bertz CT molecular complexity index is 449. The molecule has 1 N–H and O–H groups in total. The minimum atomic E-state index is -0.164. The zero-order chi connectivity index (χ0) is 13.3. The molecule has 0 bridgehead atoms. The fourth-order valence-corrected chi connectivity index (χ4v) is 3.33. The maximum absolute atomic E-state index is 6.14. The van der Waals surface area contributed by atoms with Crippen molar-refractivity contribution in [2.45, 2.75) is 43.9 Å². The Morgan fingerprint density at radius 2 is 2.53 bits per heavy atom. The molecule has 1 saturated heterocycles. The van der Waals surface area contributed by atoms with Crippen LogP contribution in [0.1, 0.15) is 26.2 Å². The number of ether oxygens (including phenoxy) is 2. The molecule has 1 spiro atoms. The highest BCUT2D eigenvalue weighted by Crippen LogP contribution is 2.47. The van der Waals surface area contributed by atoms with Gasteiger partial charge in [-0.25, -0.2) is 0 Å². The summed E-state index contributed by atoms with van der Waals surface area (Å²) < 4.78 is 11.8. The molecular formula is C14H19ClN2O2. The molecule has 19 heavy (non-hydrogen) atoms. The van der Waals surface area contributed by atoms with Crippen molar-refractivity contribution in [3.63, 3.8) is 0 Å². The number of hydrogen-bond acceptors (Lipinski definition) is 4. The van der Waals surface area contributed by atoms with Crippen LogP contribution >= 0.6 is 11.6 Å². The van der Waals surface area contributed by atoms with E-state index in [4.69, 9.17) is 21.1 Å². The molecule has 2 heterocycles. The third-order valence-electron chi connectivity index (χ3n) is 4.14. The third-order valence-corrected chi connectivity index (χ3v) is 4.44. The van der Waals surface area contributed by atoms with Crippen LogP contribution in [-0.4, -0.2) is 35.9 Å². The van der Waals surface area contributed by atoms with Crippen molar-refractivity contribution in [1.82, 2.24) is 4.98 Å². The van der Waals surface area contributed by atoms with Crippen molar-refractivity contribution < 1.29 is 9.47 Å². The number of hydrogen-bond donors (Lipinski definition) is 1. The van der Waals surface area contributed by atoms with Crippen LogP contribution in [0.3, 0.4) is 0 Å². The molecule has 0 aromatic carbocycles. The molecule has 0 amide bonds. The SMILES string of the molecule is CCO[C@@H]1C[C@H](Nc2ccncc2Cl)[C@]12CCCO2. The molecule has 2 aliphatic rings. The lowest BCUT2D eigenvalue weighted by atomic mass is 9.70. The van der Waals surface area contributed by atoms with Gasteiger partial charge in [-0.2, -0.15) is 0 Å². The van der Waals surface area contributed by atoms with Crippen molar-refractivity contribution in [2.24, 2.45) is 0 Å². The molecule has 104 valence electrons. The first-order valence-electron chi connectivity index (χ1n) is 6.88. The summed E-state index contributed by atoms with van der Waals surface area (Å²) in [5.74, 6) is 0. The molecule has 1 aromatic heterocycles. The molecule has 2 fully saturated rings. The topological polar surface area (TPSA) is 43.4 Å². The van der Waals surface area contributed by atoms with E-state index in [9.17, 15) is 0 Å². The van der Waals surface area contributed by atoms with Crippen LogP contribution in [0.25, 0.3) is 0 Å². The summed E-state index contributed by atoms with van der Waals surface area (Å²) in [6.07, 6.45) is 6.73. The van der Waals surface area contributed by atoms with Gasteiger partial charge in [-0.1, -0.05) is 11.6 Å². The van der Waals surface area contributed by atoms with Crippen molar-refractivity contribution >= 4 is 17.3 Å². The standard InChI is InChI=1S/C14H19ClN2O2/c1-2-18-13-8-12(14(13)5-3-7-19-14)17-11-4-6-16-9-10(11)15/h4,6,9,12-13H,2-3,5,7-8H2,1H3,(H,16,17)/t12-,13+,14+/m0/s1. The number of pyridine rings is 1. The quantitative estimate of drug-likeness (QED) is 0.922. The molecule has 4 nitrogen and oxygen atoms in total.